The number of benzene rings is 2. The molecule has 7 heteroatoms. The Labute approximate surface area is 156 Å². The van der Waals surface area contributed by atoms with Gasteiger partial charge < -0.3 is 5.32 Å². The van der Waals surface area contributed by atoms with Crippen LogP contribution >= 0.6 is 23.2 Å². The zero-order valence-electron chi connectivity index (χ0n) is 13.8. The summed E-state index contributed by atoms with van der Waals surface area (Å²) in [5.41, 5.74) is 5.43. The molecule has 2 N–H and O–H groups in total. The molecule has 2 aromatic rings. The molecular formula is C18H17Cl2N3O2. The van der Waals surface area contributed by atoms with Gasteiger partial charge in [-0.15, -0.1) is 0 Å². The second-order valence-electron chi connectivity index (χ2n) is 5.41. The number of amides is 2. The van der Waals surface area contributed by atoms with E-state index in [4.69, 9.17) is 23.2 Å². The molecule has 0 heterocycles. The van der Waals surface area contributed by atoms with Crippen molar-refractivity contribution >= 4 is 41.2 Å². The van der Waals surface area contributed by atoms with Crippen molar-refractivity contribution in [2.75, 3.05) is 6.54 Å². The van der Waals surface area contributed by atoms with Crippen LogP contribution in [0.5, 0.6) is 0 Å². The summed E-state index contributed by atoms with van der Waals surface area (Å²) in [7, 11) is 0. The van der Waals surface area contributed by atoms with Gasteiger partial charge in [-0.25, -0.2) is 5.43 Å². The van der Waals surface area contributed by atoms with Crippen molar-refractivity contribution in [1.82, 2.24) is 10.7 Å². The fraction of sp³-hybridized carbons (Fsp3) is 0.167. The third-order valence-electron chi connectivity index (χ3n) is 3.56. The van der Waals surface area contributed by atoms with Crippen molar-refractivity contribution < 1.29 is 9.59 Å². The first-order chi connectivity index (χ1) is 11.9. The number of hydrazone groups is 1. The Morgan fingerprint density at radius 1 is 1.08 bits per heavy atom. The van der Waals surface area contributed by atoms with Crippen LogP contribution in [0.1, 0.15) is 27.0 Å². The third-order valence-corrected chi connectivity index (χ3v) is 4.22. The van der Waals surface area contributed by atoms with E-state index >= 15 is 0 Å². The average Bonchev–Trinajstić information content (AvgIpc) is 2.57. The largest absolute Gasteiger partial charge is 0.343 e. The van der Waals surface area contributed by atoms with Crippen molar-refractivity contribution in [3.8, 4) is 0 Å². The summed E-state index contributed by atoms with van der Waals surface area (Å²) in [4.78, 5) is 23.8. The molecule has 0 aliphatic carbocycles. The number of hydrogen-bond acceptors (Lipinski definition) is 3. The molecule has 0 aliphatic heterocycles. The van der Waals surface area contributed by atoms with Gasteiger partial charge in [0.15, 0.2) is 0 Å². The fourth-order valence-electron chi connectivity index (χ4n) is 1.99. The molecule has 130 valence electrons. The predicted molar refractivity (Wildman–Crippen MR) is 100 cm³/mol. The number of nitrogens with one attached hydrogen (secondary N) is 2. The SMILES string of the molecule is Cc1ccc(C(=O)NCC(=O)N/N=C/c2c(Cl)cccc2Cl)cc1C. The van der Waals surface area contributed by atoms with Gasteiger partial charge in [0.2, 0.25) is 0 Å². The number of nitrogens with zero attached hydrogens (tertiary/aromatic N) is 1. The standard InChI is InChI=1S/C18H17Cl2N3O2/c1-11-6-7-13(8-12(11)2)18(25)21-10-17(24)23-22-9-14-15(19)4-3-5-16(14)20/h3-9H,10H2,1-2H3,(H,21,25)(H,23,24)/b22-9+. The van der Waals surface area contributed by atoms with Gasteiger partial charge in [0.05, 0.1) is 22.8 Å². The van der Waals surface area contributed by atoms with Crippen molar-refractivity contribution in [2.45, 2.75) is 13.8 Å². The van der Waals surface area contributed by atoms with Crippen LogP contribution in [0.25, 0.3) is 0 Å². The van der Waals surface area contributed by atoms with E-state index in [1.54, 1.807) is 30.3 Å². The third kappa shape index (κ3) is 5.31. The van der Waals surface area contributed by atoms with Gasteiger partial charge in [0.1, 0.15) is 0 Å². The molecular weight excluding hydrogens is 361 g/mol. The quantitative estimate of drug-likeness (QED) is 0.618. The number of hydrogen-bond donors (Lipinski definition) is 2. The Kier molecular flexibility index (Phi) is 6.56. The van der Waals surface area contributed by atoms with E-state index in [0.29, 0.717) is 21.2 Å². The van der Waals surface area contributed by atoms with Gasteiger partial charge in [-0.3, -0.25) is 9.59 Å². The van der Waals surface area contributed by atoms with Crippen LogP contribution in [-0.4, -0.2) is 24.6 Å². The highest BCUT2D eigenvalue weighted by Crippen LogP contribution is 2.21. The lowest BCUT2D eigenvalue weighted by Gasteiger charge is -2.06. The van der Waals surface area contributed by atoms with Crippen LogP contribution in [0.3, 0.4) is 0 Å². The van der Waals surface area contributed by atoms with E-state index in [-0.39, 0.29) is 12.5 Å². The molecule has 0 saturated heterocycles. The lowest BCUT2D eigenvalue weighted by atomic mass is 10.1. The van der Waals surface area contributed by atoms with Crippen molar-refractivity contribution in [2.24, 2.45) is 5.10 Å². The van der Waals surface area contributed by atoms with E-state index in [1.807, 2.05) is 19.9 Å². The maximum Gasteiger partial charge on any atom is 0.259 e. The first kappa shape index (κ1) is 19.0. The lowest BCUT2D eigenvalue weighted by Crippen LogP contribution is -2.35. The minimum Gasteiger partial charge on any atom is -0.343 e. The zero-order chi connectivity index (χ0) is 18.4. The van der Waals surface area contributed by atoms with Crippen molar-refractivity contribution in [3.05, 3.63) is 68.7 Å². The average molecular weight is 378 g/mol. The fourth-order valence-corrected chi connectivity index (χ4v) is 2.48. The Balaban J connectivity index is 1.87. The minimum atomic E-state index is -0.461. The summed E-state index contributed by atoms with van der Waals surface area (Å²) in [6, 6.07) is 10.4. The minimum absolute atomic E-state index is 0.195. The van der Waals surface area contributed by atoms with Crippen molar-refractivity contribution in [1.29, 1.82) is 0 Å². The highest BCUT2D eigenvalue weighted by Gasteiger charge is 2.08. The monoisotopic (exact) mass is 377 g/mol. The van der Waals surface area contributed by atoms with E-state index in [9.17, 15) is 9.59 Å². The van der Waals surface area contributed by atoms with Gasteiger partial charge in [-0.1, -0.05) is 35.3 Å². The predicted octanol–water partition coefficient (Wildman–Crippen LogP) is 3.49. The molecule has 0 unspecified atom stereocenters. The van der Waals surface area contributed by atoms with Crippen LogP contribution in [-0.2, 0) is 4.79 Å². The molecule has 5 nitrogen and oxygen atoms in total. The van der Waals surface area contributed by atoms with Crippen LogP contribution in [0.15, 0.2) is 41.5 Å². The van der Waals surface area contributed by atoms with Crippen LogP contribution in [0, 0.1) is 13.8 Å². The second-order valence-corrected chi connectivity index (χ2v) is 6.22. The highest BCUT2D eigenvalue weighted by molar-refractivity contribution is 6.38. The molecule has 0 aliphatic rings. The van der Waals surface area contributed by atoms with Crippen molar-refractivity contribution in [3.63, 3.8) is 0 Å². The Bertz CT molecular complexity index is 815. The number of aryl methyl sites for hydroxylation is 2. The maximum atomic E-state index is 12.0. The topological polar surface area (TPSA) is 70.6 Å². The molecule has 0 aromatic heterocycles. The Morgan fingerprint density at radius 2 is 1.76 bits per heavy atom. The summed E-state index contributed by atoms with van der Waals surface area (Å²) in [6.45, 7) is 3.69. The summed E-state index contributed by atoms with van der Waals surface area (Å²) in [5, 5.41) is 7.18. The molecule has 0 radical (unpaired) electrons. The zero-order valence-corrected chi connectivity index (χ0v) is 15.3. The van der Waals surface area contributed by atoms with E-state index < -0.39 is 5.91 Å². The molecule has 0 saturated carbocycles. The van der Waals surface area contributed by atoms with Crippen LogP contribution in [0.2, 0.25) is 10.0 Å². The van der Waals surface area contributed by atoms with Crippen LogP contribution < -0.4 is 10.7 Å². The summed E-state index contributed by atoms with van der Waals surface area (Å²) in [6.07, 6.45) is 1.35. The molecule has 0 atom stereocenters. The van der Waals surface area contributed by atoms with Gasteiger partial charge >= 0.3 is 0 Å². The normalized spacial score (nSPS) is 10.7. The summed E-state index contributed by atoms with van der Waals surface area (Å²) >= 11 is 12.0. The first-order valence-electron chi connectivity index (χ1n) is 7.50. The second kappa shape index (κ2) is 8.65. The molecule has 2 amide bonds. The van der Waals surface area contributed by atoms with Gasteiger partial charge in [-0.2, -0.15) is 5.10 Å². The summed E-state index contributed by atoms with van der Waals surface area (Å²) < 4.78 is 0. The van der Waals surface area contributed by atoms with Gasteiger partial charge in [0.25, 0.3) is 11.8 Å². The van der Waals surface area contributed by atoms with E-state index in [2.05, 4.69) is 15.8 Å². The number of halogens is 2. The molecule has 2 aromatic carbocycles. The molecule has 2 rings (SSSR count). The number of carbonyl (C=O) groups excluding carboxylic acids is 2. The smallest absolute Gasteiger partial charge is 0.259 e. The van der Waals surface area contributed by atoms with Gasteiger partial charge in [-0.05, 0) is 49.2 Å². The van der Waals surface area contributed by atoms with E-state index in [0.717, 1.165) is 11.1 Å². The molecule has 0 bridgehead atoms. The lowest BCUT2D eigenvalue weighted by molar-refractivity contribution is -0.120. The summed E-state index contributed by atoms with van der Waals surface area (Å²) in [5.74, 6) is -0.784. The van der Waals surface area contributed by atoms with E-state index in [1.165, 1.54) is 6.21 Å². The Morgan fingerprint density at radius 3 is 2.40 bits per heavy atom. The maximum absolute atomic E-state index is 12.0. The highest BCUT2D eigenvalue weighted by atomic mass is 35.5. The van der Waals surface area contributed by atoms with Gasteiger partial charge in [0, 0.05) is 11.1 Å². The van der Waals surface area contributed by atoms with Crippen LogP contribution in [0.4, 0.5) is 0 Å². The number of rotatable bonds is 5. The Hall–Kier alpha value is -2.37. The first-order valence-corrected chi connectivity index (χ1v) is 8.25. The molecule has 25 heavy (non-hydrogen) atoms. The molecule has 0 spiro atoms. The molecule has 0 fully saturated rings. The number of carbonyl (C=O) groups is 2.